The lowest BCUT2D eigenvalue weighted by atomic mass is 9.75. The molecule has 0 bridgehead atoms. The second kappa shape index (κ2) is 4.93. The van der Waals surface area contributed by atoms with Crippen LogP contribution in [0.5, 0.6) is 0 Å². The molecule has 3 aliphatic rings. The van der Waals surface area contributed by atoms with E-state index in [0.29, 0.717) is 11.7 Å². The van der Waals surface area contributed by atoms with Gasteiger partial charge in [-0.15, -0.1) is 0 Å². The summed E-state index contributed by atoms with van der Waals surface area (Å²) in [5, 5.41) is 0. The van der Waals surface area contributed by atoms with Gasteiger partial charge < -0.3 is 4.74 Å². The van der Waals surface area contributed by atoms with Gasteiger partial charge in [0.05, 0.1) is 5.60 Å². The number of hydrogen-bond donors (Lipinski definition) is 0. The summed E-state index contributed by atoms with van der Waals surface area (Å²) in [6.45, 7) is 0.931. The monoisotopic (exact) mass is 254 g/mol. The van der Waals surface area contributed by atoms with Crippen molar-refractivity contribution in [1.82, 2.24) is 0 Å². The molecular formula is C14H22O2S. The summed E-state index contributed by atoms with van der Waals surface area (Å²) in [6.07, 6.45) is 7.72. The minimum atomic E-state index is 0.194. The van der Waals surface area contributed by atoms with Gasteiger partial charge in [0.15, 0.2) is 0 Å². The van der Waals surface area contributed by atoms with Crippen LogP contribution in [0.3, 0.4) is 0 Å². The van der Waals surface area contributed by atoms with Crippen LogP contribution in [0.1, 0.15) is 44.9 Å². The van der Waals surface area contributed by atoms with Crippen LogP contribution in [-0.2, 0) is 9.53 Å². The topological polar surface area (TPSA) is 26.3 Å². The van der Waals surface area contributed by atoms with Crippen molar-refractivity contribution < 1.29 is 9.53 Å². The Bertz CT molecular complexity index is 291. The number of ether oxygens (including phenoxy) is 1. The highest BCUT2D eigenvalue weighted by Crippen LogP contribution is 2.44. The van der Waals surface area contributed by atoms with Crippen molar-refractivity contribution in [1.29, 1.82) is 0 Å². The first kappa shape index (κ1) is 12.0. The molecule has 96 valence electrons. The average Bonchev–Trinajstić information content (AvgIpc) is 2.77. The van der Waals surface area contributed by atoms with Gasteiger partial charge in [-0.1, -0.05) is 0 Å². The Balaban J connectivity index is 1.64. The summed E-state index contributed by atoms with van der Waals surface area (Å²) in [5.74, 6) is 4.46. The zero-order valence-electron chi connectivity index (χ0n) is 10.5. The highest BCUT2D eigenvalue weighted by Gasteiger charge is 2.42. The quantitative estimate of drug-likeness (QED) is 0.719. The van der Waals surface area contributed by atoms with Crippen LogP contribution in [0.25, 0.3) is 0 Å². The number of Topliss-reactive ketones (excluding diaryl/α,β-unsaturated/α-hetero) is 1. The van der Waals surface area contributed by atoms with Crippen molar-refractivity contribution >= 4 is 17.5 Å². The summed E-state index contributed by atoms with van der Waals surface area (Å²) in [4.78, 5) is 11.4. The summed E-state index contributed by atoms with van der Waals surface area (Å²) >= 11 is 2.06. The fourth-order valence-electron chi connectivity index (χ4n) is 3.81. The number of carbonyl (C=O) groups excluding carboxylic acids is 1. The largest absolute Gasteiger partial charge is 0.375 e. The fourth-order valence-corrected chi connectivity index (χ4v) is 5.04. The normalized spacial score (nSPS) is 37.5. The van der Waals surface area contributed by atoms with Crippen molar-refractivity contribution in [3.05, 3.63) is 0 Å². The molecule has 0 N–H and O–H groups in total. The van der Waals surface area contributed by atoms with E-state index in [2.05, 4.69) is 11.8 Å². The van der Waals surface area contributed by atoms with Crippen LogP contribution in [0.2, 0.25) is 0 Å². The number of hydrogen-bond acceptors (Lipinski definition) is 3. The van der Waals surface area contributed by atoms with Crippen molar-refractivity contribution in [3.8, 4) is 0 Å². The molecule has 1 aliphatic carbocycles. The molecule has 2 heterocycles. The summed E-state index contributed by atoms with van der Waals surface area (Å²) in [6, 6.07) is 0. The minimum Gasteiger partial charge on any atom is -0.375 e. The Morgan fingerprint density at radius 3 is 2.71 bits per heavy atom. The smallest absolute Gasteiger partial charge is 0.133 e. The Morgan fingerprint density at radius 2 is 2.00 bits per heavy atom. The van der Waals surface area contributed by atoms with E-state index in [9.17, 15) is 4.79 Å². The van der Waals surface area contributed by atoms with Crippen LogP contribution in [-0.4, -0.2) is 29.5 Å². The predicted molar refractivity (Wildman–Crippen MR) is 70.3 cm³/mol. The third-order valence-corrected chi connectivity index (χ3v) is 5.87. The van der Waals surface area contributed by atoms with Gasteiger partial charge >= 0.3 is 0 Å². The predicted octanol–water partition coefficient (Wildman–Crippen LogP) is 3.05. The summed E-state index contributed by atoms with van der Waals surface area (Å²) in [7, 11) is 0. The van der Waals surface area contributed by atoms with Crippen LogP contribution >= 0.6 is 11.8 Å². The molecule has 3 heteroatoms. The molecule has 1 spiro atoms. The van der Waals surface area contributed by atoms with E-state index in [0.717, 1.165) is 31.8 Å². The summed E-state index contributed by atoms with van der Waals surface area (Å²) < 4.78 is 6.12. The number of rotatable bonds is 1. The van der Waals surface area contributed by atoms with Gasteiger partial charge in [-0.3, -0.25) is 4.79 Å². The van der Waals surface area contributed by atoms with Crippen molar-refractivity contribution in [3.63, 3.8) is 0 Å². The zero-order valence-corrected chi connectivity index (χ0v) is 11.3. The molecule has 0 aromatic heterocycles. The van der Waals surface area contributed by atoms with Crippen LogP contribution < -0.4 is 0 Å². The second-order valence-electron chi connectivity index (χ2n) is 5.94. The van der Waals surface area contributed by atoms with Gasteiger partial charge in [0, 0.05) is 19.4 Å². The maximum absolute atomic E-state index is 11.4. The van der Waals surface area contributed by atoms with Gasteiger partial charge in [-0.2, -0.15) is 11.8 Å². The molecule has 3 fully saturated rings. The Morgan fingerprint density at radius 1 is 1.18 bits per heavy atom. The molecule has 2 atom stereocenters. The van der Waals surface area contributed by atoms with Crippen molar-refractivity contribution in [2.75, 3.05) is 18.1 Å². The fraction of sp³-hybridized carbons (Fsp3) is 0.929. The van der Waals surface area contributed by atoms with Crippen LogP contribution in [0, 0.1) is 11.8 Å². The van der Waals surface area contributed by atoms with Crippen LogP contribution in [0.4, 0.5) is 0 Å². The highest BCUT2D eigenvalue weighted by atomic mass is 32.2. The maximum Gasteiger partial charge on any atom is 0.133 e. The molecule has 0 amide bonds. The first-order valence-corrected chi connectivity index (χ1v) is 8.16. The molecule has 0 aromatic rings. The molecule has 1 saturated carbocycles. The van der Waals surface area contributed by atoms with Gasteiger partial charge in [0.2, 0.25) is 0 Å². The van der Waals surface area contributed by atoms with Gasteiger partial charge in [-0.25, -0.2) is 0 Å². The first-order valence-electron chi connectivity index (χ1n) is 7.01. The first-order chi connectivity index (χ1) is 8.27. The highest BCUT2D eigenvalue weighted by molar-refractivity contribution is 7.99. The zero-order chi connectivity index (χ0) is 11.7. The average molecular weight is 254 g/mol. The van der Waals surface area contributed by atoms with E-state index in [1.54, 1.807) is 0 Å². The van der Waals surface area contributed by atoms with Gasteiger partial charge in [-0.05, 0) is 55.4 Å². The standard InChI is InChI=1S/C14H22O2S/c15-13-2-1-11(9-13)12-3-6-16-14(10-12)4-7-17-8-5-14/h11-12H,1-10H2. The van der Waals surface area contributed by atoms with E-state index >= 15 is 0 Å². The van der Waals surface area contributed by atoms with Crippen molar-refractivity contribution in [2.24, 2.45) is 11.8 Å². The molecule has 0 aromatic carbocycles. The lowest BCUT2D eigenvalue weighted by molar-refractivity contribution is -0.120. The van der Waals surface area contributed by atoms with Crippen molar-refractivity contribution in [2.45, 2.75) is 50.5 Å². The van der Waals surface area contributed by atoms with E-state index in [-0.39, 0.29) is 5.60 Å². The third-order valence-electron chi connectivity index (χ3n) is 4.89. The Kier molecular flexibility index (Phi) is 3.49. The second-order valence-corrected chi connectivity index (χ2v) is 7.16. The lowest BCUT2D eigenvalue weighted by Crippen LogP contribution is -2.44. The Labute approximate surface area is 108 Å². The molecule has 0 radical (unpaired) electrons. The molecule has 3 rings (SSSR count). The SMILES string of the molecule is O=C1CCC(C2CCOC3(CCSCC3)C2)C1. The van der Waals surface area contributed by atoms with E-state index < -0.39 is 0 Å². The van der Waals surface area contributed by atoms with E-state index in [1.807, 2.05) is 0 Å². The molecule has 2 unspecified atom stereocenters. The number of thioether (sulfide) groups is 1. The summed E-state index contributed by atoms with van der Waals surface area (Å²) in [5.41, 5.74) is 0.194. The molecule has 17 heavy (non-hydrogen) atoms. The molecule has 2 aliphatic heterocycles. The Hall–Kier alpha value is -0.0200. The minimum absolute atomic E-state index is 0.194. The number of carbonyl (C=O) groups is 1. The van der Waals surface area contributed by atoms with E-state index in [1.165, 1.54) is 37.2 Å². The van der Waals surface area contributed by atoms with Gasteiger partial charge in [0.1, 0.15) is 5.78 Å². The molecular weight excluding hydrogens is 232 g/mol. The maximum atomic E-state index is 11.4. The lowest BCUT2D eigenvalue weighted by Gasteiger charge is -2.44. The number of ketones is 1. The van der Waals surface area contributed by atoms with Gasteiger partial charge in [0.25, 0.3) is 0 Å². The van der Waals surface area contributed by atoms with Crippen LogP contribution in [0.15, 0.2) is 0 Å². The molecule has 2 nitrogen and oxygen atoms in total. The molecule has 2 saturated heterocycles. The third kappa shape index (κ3) is 2.55. The van der Waals surface area contributed by atoms with E-state index in [4.69, 9.17) is 4.74 Å².